The van der Waals surface area contributed by atoms with Gasteiger partial charge in [-0.3, -0.25) is 0 Å². The van der Waals surface area contributed by atoms with Gasteiger partial charge in [0.15, 0.2) is 0 Å². The van der Waals surface area contributed by atoms with Gasteiger partial charge in [0.2, 0.25) is 0 Å². The van der Waals surface area contributed by atoms with Gasteiger partial charge < -0.3 is 15.5 Å². The summed E-state index contributed by atoms with van der Waals surface area (Å²) < 4.78 is 0. The Morgan fingerprint density at radius 2 is 1.72 bits per heavy atom. The van der Waals surface area contributed by atoms with Crippen LogP contribution in [-0.4, -0.2) is 22.9 Å². The molecule has 3 N–H and O–H groups in total. The predicted molar refractivity (Wildman–Crippen MR) is 76.6 cm³/mol. The molecule has 18 heavy (non-hydrogen) atoms. The number of aliphatic hydroxyl groups is 1. The van der Waals surface area contributed by atoms with Gasteiger partial charge in [0, 0.05) is 18.2 Å². The summed E-state index contributed by atoms with van der Waals surface area (Å²) in [5, 5.41) is 22.1. The van der Waals surface area contributed by atoms with Crippen LogP contribution in [0.3, 0.4) is 0 Å². The zero-order valence-corrected chi connectivity index (χ0v) is 12.2. The third-order valence-corrected chi connectivity index (χ3v) is 2.76. The molecule has 1 aromatic rings. The molecule has 0 fully saturated rings. The van der Waals surface area contributed by atoms with Gasteiger partial charge in [-0.2, -0.15) is 0 Å². The molecule has 0 saturated carbocycles. The summed E-state index contributed by atoms with van der Waals surface area (Å²) in [7, 11) is 0. The summed E-state index contributed by atoms with van der Waals surface area (Å²) in [5.74, 6) is 0.292. The van der Waals surface area contributed by atoms with Gasteiger partial charge in [0.05, 0.1) is 6.61 Å². The number of phenols is 1. The number of rotatable bonds is 4. The van der Waals surface area contributed by atoms with Crippen LogP contribution >= 0.6 is 0 Å². The van der Waals surface area contributed by atoms with Crippen molar-refractivity contribution >= 4 is 0 Å². The van der Waals surface area contributed by atoms with Crippen LogP contribution in [0.1, 0.15) is 40.2 Å². The molecule has 1 unspecified atom stereocenters. The lowest BCUT2D eigenvalue weighted by Crippen LogP contribution is -2.42. The van der Waals surface area contributed by atoms with Gasteiger partial charge in [-0.15, -0.1) is 0 Å². The molecule has 1 atom stereocenters. The molecule has 1 aromatic carbocycles. The zero-order valence-electron chi connectivity index (χ0n) is 12.2. The van der Waals surface area contributed by atoms with Crippen molar-refractivity contribution in [3.05, 3.63) is 29.8 Å². The summed E-state index contributed by atoms with van der Waals surface area (Å²) in [6.07, 6.45) is 0. The first-order chi connectivity index (χ1) is 8.45. The van der Waals surface area contributed by atoms with E-state index in [0.29, 0.717) is 12.3 Å². The van der Waals surface area contributed by atoms with E-state index in [2.05, 4.69) is 26.1 Å². The molecular formula is C15H27NO2. The monoisotopic (exact) mass is 253 g/mol. The minimum absolute atomic E-state index is 0.000844. The third-order valence-electron chi connectivity index (χ3n) is 2.76. The van der Waals surface area contributed by atoms with Crippen LogP contribution in [0, 0.1) is 5.41 Å². The largest absolute Gasteiger partial charge is 0.508 e. The molecule has 0 amide bonds. The topological polar surface area (TPSA) is 52.5 Å². The highest BCUT2D eigenvalue weighted by Gasteiger charge is 2.23. The SMILES string of the molecule is CC.CC(C)(C)C(CO)NCc1ccccc1O. The van der Waals surface area contributed by atoms with Crippen LogP contribution in [0.5, 0.6) is 5.75 Å². The molecule has 0 bridgehead atoms. The van der Waals surface area contributed by atoms with Crippen molar-refractivity contribution in [1.29, 1.82) is 0 Å². The Kier molecular flexibility index (Phi) is 7.64. The molecule has 3 nitrogen and oxygen atoms in total. The number of hydrogen-bond acceptors (Lipinski definition) is 3. The van der Waals surface area contributed by atoms with Gasteiger partial charge in [-0.1, -0.05) is 52.8 Å². The van der Waals surface area contributed by atoms with E-state index in [1.54, 1.807) is 12.1 Å². The Hall–Kier alpha value is -1.06. The van der Waals surface area contributed by atoms with E-state index in [9.17, 15) is 10.2 Å². The Labute approximate surface area is 111 Å². The number of aliphatic hydroxyl groups excluding tert-OH is 1. The molecular weight excluding hydrogens is 226 g/mol. The van der Waals surface area contributed by atoms with Crippen molar-refractivity contribution in [2.24, 2.45) is 5.41 Å². The van der Waals surface area contributed by atoms with E-state index in [0.717, 1.165) is 5.56 Å². The molecule has 0 aromatic heterocycles. The van der Waals surface area contributed by atoms with Gasteiger partial charge in [-0.05, 0) is 11.5 Å². The number of aromatic hydroxyl groups is 1. The molecule has 0 spiro atoms. The van der Waals surface area contributed by atoms with Crippen molar-refractivity contribution in [3.63, 3.8) is 0 Å². The van der Waals surface area contributed by atoms with Gasteiger partial charge in [0.1, 0.15) is 5.75 Å². The lowest BCUT2D eigenvalue weighted by Gasteiger charge is -2.30. The molecule has 0 aliphatic carbocycles. The molecule has 0 saturated heterocycles. The van der Waals surface area contributed by atoms with Gasteiger partial charge in [-0.25, -0.2) is 0 Å². The molecule has 0 aliphatic rings. The predicted octanol–water partition coefficient (Wildman–Crippen LogP) is 2.92. The van der Waals surface area contributed by atoms with Crippen LogP contribution in [0.2, 0.25) is 0 Å². The van der Waals surface area contributed by atoms with E-state index in [4.69, 9.17) is 0 Å². The van der Waals surface area contributed by atoms with Crippen molar-refractivity contribution in [2.45, 2.75) is 47.2 Å². The molecule has 0 radical (unpaired) electrons. The normalized spacial score (nSPS) is 12.6. The molecule has 0 heterocycles. The number of para-hydroxylation sites is 1. The van der Waals surface area contributed by atoms with E-state index in [1.807, 2.05) is 26.0 Å². The molecule has 3 heteroatoms. The Bertz CT molecular complexity index is 332. The van der Waals surface area contributed by atoms with Gasteiger partial charge in [0.25, 0.3) is 0 Å². The maximum absolute atomic E-state index is 9.60. The first-order valence-corrected chi connectivity index (χ1v) is 6.56. The average Bonchev–Trinajstić information content (AvgIpc) is 2.33. The number of hydrogen-bond donors (Lipinski definition) is 3. The van der Waals surface area contributed by atoms with Crippen molar-refractivity contribution in [2.75, 3.05) is 6.61 Å². The standard InChI is InChI=1S/C13H21NO2.C2H6/c1-13(2,3)12(9-15)14-8-10-6-4-5-7-11(10)16;1-2/h4-7,12,14-16H,8-9H2,1-3H3;1-2H3. The van der Waals surface area contributed by atoms with Crippen molar-refractivity contribution < 1.29 is 10.2 Å². The second-order valence-corrected chi connectivity index (χ2v) is 5.11. The second kappa shape index (κ2) is 8.11. The highest BCUT2D eigenvalue weighted by atomic mass is 16.3. The van der Waals surface area contributed by atoms with Crippen LogP contribution in [0.4, 0.5) is 0 Å². The van der Waals surface area contributed by atoms with E-state index >= 15 is 0 Å². The maximum Gasteiger partial charge on any atom is 0.120 e. The Balaban J connectivity index is 0.00000137. The second-order valence-electron chi connectivity index (χ2n) is 5.11. The average molecular weight is 253 g/mol. The number of benzene rings is 1. The Morgan fingerprint density at radius 1 is 1.17 bits per heavy atom. The summed E-state index contributed by atoms with van der Waals surface area (Å²) in [5.41, 5.74) is 0.851. The van der Waals surface area contributed by atoms with Crippen LogP contribution in [0.15, 0.2) is 24.3 Å². The molecule has 0 aliphatic heterocycles. The minimum Gasteiger partial charge on any atom is -0.508 e. The summed E-state index contributed by atoms with van der Waals surface area (Å²) in [6.45, 7) is 10.9. The van der Waals surface area contributed by atoms with Crippen LogP contribution in [-0.2, 0) is 6.54 Å². The lowest BCUT2D eigenvalue weighted by molar-refractivity contribution is 0.157. The summed E-state index contributed by atoms with van der Waals surface area (Å²) in [4.78, 5) is 0. The first kappa shape index (κ1) is 16.9. The van der Waals surface area contributed by atoms with Crippen molar-refractivity contribution in [1.82, 2.24) is 5.32 Å². The fourth-order valence-electron chi connectivity index (χ4n) is 1.54. The summed E-state index contributed by atoms with van der Waals surface area (Å²) >= 11 is 0. The van der Waals surface area contributed by atoms with E-state index in [1.165, 1.54) is 0 Å². The molecule has 1 rings (SSSR count). The highest BCUT2D eigenvalue weighted by molar-refractivity contribution is 5.31. The zero-order chi connectivity index (χ0) is 14.2. The quantitative estimate of drug-likeness (QED) is 0.773. The minimum atomic E-state index is -0.000844. The third kappa shape index (κ3) is 5.52. The van der Waals surface area contributed by atoms with Crippen molar-refractivity contribution in [3.8, 4) is 5.75 Å². The number of nitrogens with one attached hydrogen (secondary N) is 1. The Morgan fingerprint density at radius 3 is 2.17 bits per heavy atom. The fourth-order valence-corrected chi connectivity index (χ4v) is 1.54. The maximum atomic E-state index is 9.60. The smallest absolute Gasteiger partial charge is 0.120 e. The molecule has 104 valence electrons. The fraction of sp³-hybridized carbons (Fsp3) is 0.600. The first-order valence-electron chi connectivity index (χ1n) is 6.56. The number of phenolic OH excluding ortho intramolecular Hbond substituents is 1. The van der Waals surface area contributed by atoms with E-state index < -0.39 is 0 Å². The lowest BCUT2D eigenvalue weighted by atomic mass is 9.87. The van der Waals surface area contributed by atoms with Gasteiger partial charge >= 0.3 is 0 Å². The van der Waals surface area contributed by atoms with Crippen LogP contribution in [0.25, 0.3) is 0 Å². The van der Waals surface area contributed by atoms with E-state index in [-0.39, 0.29) is 18.1 Å². The summed E-state index contributed by atoms with van der Waals surface area (Å²) in [6, 6.07) is 7.25. The van der Waals surface area contributed by atoms with Crippen LogP contribution < -0.4 is 5.32 Å². The highest BCUT2D eigenvalue weighted by Crippen LogP contribution is 2.20.